The maximum Gasteiger partial charge on any atom is 0.352 e. The average molecular weight is 469 g/mol. The van der Waals surface area contributed by atoms with Crippen molar-refractivity contribution in [3.05, 3.63) is 73.6 Å². The molecule has 0 bridgehead atoms. The third-order valence-electron chi connectivity index (χ3n) is 5.03. The lowest BCUT2D eigenvalue weighted by molar-refractivity contribution is 0.576. The van der Waals surface area contributed by atoms with Crippen LogP contribution in [-0.4, -0.2) is 19.2 Å². The molecule has 0 fully saturated rings. The molecule has 0 radical (unpaired) electrons. The van der Waals surface area contributed by atoms with Crippen LogP contribution >= 0.6 is 27.3 Å². The summed E-state index contributed by atoms with van der Waals surface area (Å²) >= 11 is 5.10. The lowest BCUT2D eigenvalue weighted by Gasteiger charge is -2.09. The predicted octanol–water partition coefficient (Wildman–Crippen LogP) is 5.05. The van der Waals surface area contributed by atoms with Crippen LogP contribution in [0.4, 0.5) is 0 Å². The fraction of sp³-hybridized carbons (Fsp3) is 0.190. The van der Waals surface area contributed by atoms with Crippen LogP contribution in [0.15, 0.2) is 56.3 Å². The van der Waals surface area contributed by atoms with Gasteiger partial charge in [-0.05, 0) is 48.7 Å². The van der Waals surface area contributed by atoms with E-state index in [1.54, 1.807) is 34.3 Å². The van der Waals surface area contributed by atoms with Crippen molar-refractivity contribution in [1.29, 1.82) is 0 Å². The van der Waals surface area contributed by atoms with Crippen molar-refractivity contribution in [2.24, 2.45) is 0 Å². The molecule has 5 aromatic rings. The van der Waals surface area contributed by atoms with E-state index in [9.17, 15) is 4.79 Å². The number of aryl methyl sites for hydroxylation is 2. The van der Waals surface area contributed by atoms with Crippen molar-refractivity contribution in [1.82, 2.24) is 19.2 Å². The predicted molar refractivity (Wildman–Crippen MR) is 118 cm³/mol. The molecule has 0 atom stereocenters. The molecule has 4 heterocycles. The van der Waals surface area contributed by atoms with E-state index in [1.165, 1.54) is 15.0 Å². The van der Waals surface area contributed by atoms with Gasteiger partial charge in [0.25, 0.3) is 0 Å². The Morgan fingerprint density at radius 1 is 1.21 bits per heavy atom. The van der Waals surface area contributed by atoms with Crippen LogP contribution in [0, 0.1) is 6.92 Å². The normalized spacial score (nSPS) is 11.7. The topological polar surface area (TPSA) is 65.3 Å². The quantitative estimate of drug-likeness (QED) is 0.370. The van der Waals surface area contributed by atoms with Crippen molar-refractivity contribution >= 4 is 43.1 Å². The molecule has 0 N–H and O–H groups in total. The maximum atomic E-state index is 13.4. The van der Waals surface area contributed by atoms with Gasteiger partial charge in [-0.3, -0.25) is 4.57 Å². The summed E-state index contributed by atoms with van der Waals surface area (Å²) in [6.45, 7) is 4.69. The third-order valence-corrected chi connectivity index (χ3v) is 6.73. The first-order valence-corrected chi connectivity index (χ1v) is 10.9. The van der Waals surface area contributed by atoms with E-state index in [2.05, 4.69) is 39.9 Å². The van der Waals surface area contributed by atoms with Crippen molar-refractivity contribution in [2.75, 3.05) is 0 Å². The van der Waals surface area contributed by atoms with E-state index in [0.29, 0.717) is 23.8 Å². The summed E-state index contributed by atoms with van der Waals surface area (Å²) in [7, 11) is 0. The molecule has 146 valence electrons. The summed E-state index contributed by atoms with van der Waals surface area (Å²) in [5, 5.41) is 5.48. The Hall–Kier alpha value is -2.71. The van der Waals surface area contributed by atoms with Crippen molar-refractivity contribution < 1.29 is 4.42 Å². The molecule has 0 saturated heterocycles. The van der Waals surface area contributed by atoms with Crippen LogP contribution in [-0.2, 0) is 13.0 Å². The van der Waals surface area contributed by atoms with Gasteiger partial charge in [0.05, 0.1) is 18.2 Å². The largest absolute Gasteiger partial charge is 0.461 e. The molecule has 29 heavy (non-hydrogen) atoms. The number of hydrogen-bond donors (Lipinski definition) is 0. The summed E-state index contributed by atoms with van der Waals surface area (Å²) in [6.07, 6.45) is 2.44. The first kappa shape index (κ1) is 18.3. The van der Waals surface area contributed by atoms with E-state index in [4.69, 9.17) is 4.42 Å². The minimum Gasteiger partial charge on any atom is -0.461 e. The monoisotopic (exact) mass is 468 g/mol. The van der Waals surface area contributed by atoms with Crippen LogP contribution in [0.2, 0.25) is 0 Å². The summed E-state index contributed by atoms with van der Waals surface area (Å²) in [4.78, 5) is 20.2. The number of fused-ring (bicyclic) bond motifs is 3. The van der Waals surface area contributed by atoms with Gasteiger partial charge in [-0.15, -0.1) is 16.4 Å². The number of halogens is 1. The summed E-state index contributed by atoms with van der Waals surface area (Å²) < 4.78 is 9.66. The molecule has 1 aromatic carbocycles. The molecule has 0 aliphatic rings. The molecule has 0 spiro atoms. The van der Waals surface area contributed by atoms with Crippen molar-refractivity contribution in [3.8, 4) is 11.6 Å². The van der Waals surface area contributed by atoms with Gasteiger partial charge in [0.2, 0.25) is 5.82 Å². The molecule has 0 saturated carbocycles. The van der Waals surface area contributed by atoms with Crippen LogP contribution in [0.1, 0.15) is 22.9 Å². The number of thiophene rings is 1. The van der Waals surface area contributed by atoms with E-state index >= 15 is 0 Å². The highest BCUT2D eigenvalue weighted by molar-refractivity contribution is 9.10. The van der Waals surface area contributed by atoms with Gasteiger partial charge in [-0.2, -0.15) is 4.52 Å². The van der Waals surface area contributed by atoms with E-state index < -0.39 is 0 Å². The van der Waals surface area contributed by atoms with Gasteiger partial charge in [-0.1, -0.05) is 35.0 Å². The lowest BCUT2D eigenvalue weighted by atomic mass is 10.1. The summed E-state index contributed by atoms with van der Waals surface area (Å²) in [5.41, 5.74) is 2.64. The molecular weight excluding hydrogens is 452 g/mol. The highest BCUT2D eigenvalue weighted by atomic mass is 79.9. The third kappa shape index (κ3) is 2.94. The Bertz CT molecular complexity index is 1400. The van der Waals surface area contributed by atoms with Gasteiger partial charge in [0.15, 0.2) is 11.4 Å². The highest BCUT2D eigenvalue weighted by Crippen LogP contribution is 2.33. The minimum absolute atomic E-state index is 0.204. The Morgan fingerprint density at radius 2 is 2.00 bits per heavy atom. The van der Waals surface area contributed by atoms with E-state index in [1.807, 2.05) is 24.3 Å². The first-order chi connectivity index (χ1) is 14.1. The highest BCUT2D eigenvalue weighted by Gasteiger charge is 2.22. The number of benzene rings is 1. The molecule has 0 amide bonds. The summed E-state index contributed by atoms with van der Waals surface area (Å²) in [5.74, 6) is 0.964. The molecular formula is C21H17BrN4O2S. The second-order valence-electron chi connectivity index (χ2n) is 6.81. The molecule has 8 heteroatoms. The SMILES string of the molecule is CCc1c(C)sc2c1c1nc(-c3ccco3)nn1c(=O)n2Cc1ccc(Br)cc1. The molecule has 0 unspecified atom stereocenters. The smallest absolute Gasteiger partial charge is 0.352 e. The zero-order chi connectivity index (χ0) is 20.1. The van der Waals surface area contributed by atoms with Crippen LogP contribution < -0.4 is 5.69 Å². The fourth-order valence-corrected chi connectivity index (χ4v) is 5.13. The lowest BCUT2D eigenvalue weighted by Crippen LogP contribution is -2.28. The number of furan rings is 1. The number of aromatic nitrogens is 4. The molecule has 0 aliphatic heterocycles. The van der Waals surface area contributed by atoms with Gasteiger partial charge in [-0.25, -0.2) is 9.78 Å². The molecule has 5 rings (SSSR count). The molecule has 6 nitrogen and oxygen atoms in total. The molecule has 4 aromatic heterocycles. The maximum absolute atomic E-state index is 13.4. The molecule has 0 aliphatic carbocycles. The standard InChI is InChI=1S/C21H17BrN4O2S/c1-3-15-12(2)29-20-17(15)19-23-18(16-5-4-10-28-16)24-26(19)21(27)25(20)11-13-6-8-14(22)9-7-13/h4-10H,3,11H2,1-2H3. The zero-order valence-corrected chi connectivity index (χ0v) is 18.2. The van der Waals surface area contributed by atoms with Gasteiger partial charge in [0, 0.05) is 9.35 Å². The van der Waals surface area contributed by atoms with Crippen molar-refractivity contribution in [3.63, 3.8) is 0 Å². The zero-order valence-electron chi connectivity index (χ0n) is 15.8. The Labute approximate surface area is 178 Å². The Kier molecular flexibility index (Phi) is 4.40. The first-order valence-electron chi connectivity index (χ1n) is 9.26. The van der Waals surface area contributed by atoms with Gasteiger partial charge >= 0.3 is 5.69 Å². The van der Waals surface area contributed by atoms with E-state index in [0.717, 1.165) is 26.7 Å². The van der Waals surface area contributed by atoms with Crippen molar-refractivity contribution in [2.45, 2.75) is 26.8 Å². The van der Waals surface area contributed by atoms with Gasteiger partial charge < -0.3 is 4.42 Å². The van der Waals surface area contributed by atoms with Crippen LogP contribution in [0.5, 0.6) is 0 Å². The second-order valence-corrected chi connectivity index (χ2v) is 8.93. The second kappa shape index (κ2) is 6.96. The fourth-order valence-electron chi connectivity index (χ4n) is 3.64. The van der Waals surface area contributed by atoms with Gasteiger partial charge in [0.1, 0.15) is 4.83 Å². The van der Waals surface area contributed by atoms with E-state index in [-0.39, 0.29) is 5.69 Å². The Balaban J connectivity index is 1.82. The number of nitrogens with zero attached hydrogens (tertiary/aromatic N) is 4. The van der Waals surface area contributed by atoms with Crippen LogP contribution in [0.3, 0.4) is 0 Å². The summed E-state index contributed by atoms with van der Waals surface area (Å²) in [6, 6.07) is 11.6. The minimum atomic E-state index is -0.204. The Morgan fingerprint density at radius 3 is 2.69 bits per heavy atom. The number of hydrogen-bond acceptors (Lipinski definition) is 5. The number of rotatable bonds is 4. The van der Waals surface area contributed by atoms with Crippen LogP contribution in [0.25, 0.3) is 27.4 Å². The average Bonchev–Trinajstić information content (AvgIpc) is 3.44.